The van der Waals surface area contributed by atoms with Gasteiger partial charge in [-0.3, -0.25) is 0 Å². The van der Waals surface area contributed by atoms with Crippen LogP contribution in [0.5, 0.6) is 0 Å². The van der Waals surface area contributed by atoms with Crippen molar-refractivity contribution in [1.29, 1.82) is 0 Å². The lowest BCUT2D eigenvalue weighted by atomic mass is 9.88. The van der Waals surface area contributed by atoms with Crippen LogP contribution in [0.2, 0.25) is 0 Å². The van der Waals surface area contributed by atoms with Gasteiger partial charge in [0, 0.05) is 36.3 Å². The Morgan fingerprint density at radius 3 is 2.75 bits per heavy atom. The zero-order valence-electron chi connectivity index (χ0n) is 12.8. The molecule has 0 aromatic carbocycles. The summed E-state index contributed by atoms with van der Waals surface area (Å²) in [4.78, 5) is 10.4. The molecule has 0 N–H and O–H groups in total. The highest BCUT2D eigenvalue weighted by atomic mass is 19.4. The van der Waals surface area contributed by atoms with Gasteiger partial charge in [-0.05, 0) is 18.2 Å². The molecule has 4 rings (SSSR count). The van der Waals surface area contributed by atoms with E-state index >= 15 is 0 Å². The fourth-order valence-electron chi connectivity index (χ4n) is 3.34. The molecule has 3 heterocycles. The molecular weight excluding hydrogens is 315 g/mol. The molecule has 24 heavy (non-hydrogen) atoms. The maximum Gasteiger partial charge on any atom is 0.417 e. The Labute approximate surface area is 136 Å². The van der Waals surface area contributed by atoms with Crippen molar-refractivity contribution >= 4 is 16.6 Å². The summed E-state index contributed by atoms with van der Waals surface area (Å²) in [6.07, 6.45) is 6.78. The maximum absolute atomic E-state index is 13.5. The smallest absolute Gasteiger partial charge is 0.373 e. The normalized spacial score (nSPS) is 22.8. The fraction of sp³-hybridized carbons (Fsp3) is 0.222. The number of fused-ring (bicyclic) bond motifs is 2. The molecule has 0 saturated carbocycles. The second-order valence-corrected chi connectivity index (χ2v) is 5.96. The first-order chi connectivity index (χ1) is 11.4. The number of hydrogen-bond donors (Lipinski definition) is 0. The van der Waals surface area contributed by atoms with Gasteiger partial charge >= 0.3 is 6.18 Å². The van der Waals surface area contributed by atoms with E-state index in [4.69, 9.17) is 0 Å². The lowest BCUT2D eigenvalue weighted by molar-refractivity contribution is -0.136. The highest BCUT2D eigenvalue weighted by molar-refractivity contribution is 5.83. The van der Waals surface area contributed by atoms with Gasteiger partial charge in [0.25, 0.3) is 0 Å². The van der Waals surface area contributed by atoms with Crippen molar-refractivity contribution in [2.45, 2.75) is 12.2 Å². The first-order valence-corrected chi connectivity index (χ1v) is 7.57. The SMILES string of the molecule is CN1C=C(c2cc(C(F)(F)F)c3cccnc3n2)C2C=CC=CC21. The molecule has 0 fully saturated rings. The summed E-state index contributed by atoms with van der Waals surface area (Å²) in [5.74, 6) is -0.00486. The molecule has 2 aromatic rings. The van der Waals surface area contributed by atoms with Gasteiger partial charge in [-0.15, -0.1) is 0 Å². The highest BCUT2D eigenvalue weighted by Gasteiger charge is 2.37. The summed E-state index contributed by atoms with van der Waals surface area (Å²) in [5, 5.41) is 0.0244. The zero-order valence-corrected chi connectivity index (χ0v) is 12.8. The predicted molar refractivity (Wildman–Crippen MR) is 85.8 cm³/mol. The number of rotatable bonds is 1. The number of aromatic nitrogens is 2. The zero-order chi connectivity index (χ0) is 16.9. The second kappa shape index (κ2) is 5.19. The molecule has 0 saturated heterocycles. The van der Waals surface area contributed by atoms with Crippen molar-refractivity contribution in [2.75, 3.05) is 7.05 Å². The van der Waals surface area contributed by atoms with Crippen LogP contribution in [0, 0.1) is 5.92 Å². The van der Waals surface area contributed by atoms with Crippen molar-refractivity contribution in [3.8, 4) is 0 Å². The summed E-state index contributed by atoms with van der Waals surface area (Å²) in [5.41, 5.74) is 0.525. The van der Waals surface area contributed by atoms with E-state index in [0.29, 0.717) is 5.69 Å². The Hall–Kier alpha value is -2.63. The Morgan fingerprint density at radius 2 is 1.96 bits per heavy atom. The molecule has 0 spiro atoms. The number of nitrogens with zero attached hydrogens (tertiary/aromatic N) is 3. The van der Waals surface area contributed by atoms with Crippen molar-refractivity contribution in [2.24, 2.45) is 5.92 Å². The average Bonchev–Trinajstić information content (AvgIpc) is 2.90. The van der Waals surface area contributed by atoms with E-state index in [1.54, 1.807) is 0 Å². The standard InChI is InChI=1S/C18H14F3N3/c1-24-10-13(11-5-2-3-7-16(11)24)15-9-14(18(19,20)21)12-6-4-8-22-17(12)23-15/h2-11,16H,1H3. The molecule has 2 unspecified atom stereocenters. The van der Waals surface area contributed by atoms with Crippen LogP contribution in [0.25, 0.3) is 16.6 Å². The van der Waals surface area contributed by atoms with E-state index in [1.807, 2.05) is 42.5 Å². The van der Waals surface area contributed by atoms with Gasteiger partial charge in [-0.25, -0.2) is 9.97 Å². The lowest BCUT2D eigenvalue weighted by Crippen LogP contribution is -2.27. The average molecular weight is 329 g/mol. The van der Waals surface area contributed by atoms with Gasteiger partial charge in [-0.2, -0.15) is 13.2 Å². The van der Waals surface area contributed by atoms with E-state index in [9.17, 15) is 13.2 Å². The Morgan fingerprint density at radius 1 is 1.17 bits per heavy atom. The van der Waals surface area contributed by atoms with E-state index < -0.39 is 11.7 Å². The van der Waals surface area contributed by atoms with Crippen LogP contribution in [0.15, 0.2) is 54.9 Å². The number of alkyl halides is 3. The molecule has 0 amide bonds. The van der Waals surface area contributed by atoms with Crippen LogP contribution < -0.4 is 0 Å². The van der Waals surface area contributed by atoms with Crippen LogP contribution in [0.1, 0.15) is 11.3 Å². The molecule has 0 bridgehead atoms. The molecule has 2 aliphatic rings. The first-order valence-electron chi connectivity index (χ1n) is 7.57. The third-order valence-electron chi connectivity index (χ3n) is 4.46. The van der Waals surface area contributed by atoms with E-state index in [0.717, 1.165) is 11.6 Å². The van der Waals surface area contributed by atoms with Crippen molar-refractivity contribution in [3.63, 3.8) is 0 Å². The van der Waals surface area contributed by atoms with Crippen LogP contribution >= 0.6 is 0 Å². The van der Waals surface area contributed by atoms with E-state index in [2.05, 4.69) is 9.97 Å². The predicted octanol–water partition coefficient (Wildman–Crippen LogP) is 4.05. The van der Waals surface area contributed by atoms with Crippen LogP contribution in [-0.2, 0) is 6.18 Å². The number of hydrogen-bond acceptors (Lipinski definition) is 3. The summed E-state index contributed by atoms with van der Waals surface area (Å²) < 4.78 is 40.5. The van der Waals surface area contributed by atoms with Gasteiger partial charge in [0.15, 0.2) is 5.65 Å². The van der Waals surface area contributed by atoms with Crippen molar-refractivity contribution in [3.05, 3.63) is 66.2 Å². The minimum absolute atomic E-state index is 0.00486. The molecule has 3 nitrogen and oxygen atoms in total. The van der Waals surface area contributed by atoms with Crippen LogP contribution in [-0.4, -0.2) is 28.0 Å². The summed E-state index contributed by atoms with van der Waals surface area (Å²) in [6.45, 7) is 0. The topological polar surface area (TPSA) is 29.0 Å². The molecule has 0 radical (unpaired) electrons. The number of halogens is 3. The van der Waals surface area contributed by atoms with Crippen LogP contribution in [0.4, 0.5) is 13.2 Å². The molecule has 2 atom stereocenters. The Bertz CT molecular complexity index is 896. The number of likely N-dealkylation sites (N-methyl/N-ethyl adjacent to an activating group) is 1. The van der Waals surface area contributed by atoms with Gasteiger partial charge in [0.1, 0.15) is 0 Å². The minimum Gasteiger partial charge on any atom is -0.373 e. The van der Waals surface area contributed by atoms with Gasteiger partial charge in [0.05, 0.1) is 17.3 Å². The van der Waals surface area contributed by atoms with Gasteiger partial charge in [0.2, 0.25) is 0 Å². The monoisotopic (exact) mass is 329 g/mol. The van der Waals surface area contributed by atoms with E-state index in [1.165, 1.54) is 18.3 Å². The largest absolute Gasteiger partial charge is 0.417 e. The molecule has 1 aliphatic carbocycles. The number of pyridine rings is 2. The summed E-state index contributed by atoms with van der Waals surface area (Å²) >= 11 is 0. The quantitative estimate of drug-likeness (QED) is 0.790. The molecule has 1 aliphatic heterocycles. The molecular formula is C18H14F3N3. The van der Waals surface area contributed by atoms with Crippen molar-refractivity contribution < 1.29 is 13.2 Å². The van der Waals surface area contributed by atoms with Crippen LogP contribution in [0.3, 0.4) is 0 Å². The Kier molecular flexibility index (Phi) is 3.23. The van der Waals surface area contributed by atoms with Crippen molar-refractivity contribution in [1.82, 2.24) is 14.9 Å². The minimum atomic E-state index is -4.45. The molecule has 2 aromatic heterocycles. The number of allylic oxidation sites excluding steroid dienone is 2. The fourth-order valence-corrected chi connectivity index (χ4v) is 3.34. The van der Waals surface area contributed by atoms with E-state index in [-0.39, 0.29) is 23.0 Å². The molecule has 122 valence electrons. The second-order valence-electron chi connectivity index (χ2n) is 5.96. The lowest BCUT2D eigenvalue weighted by Gasteiger charge is -2.24. The summed E-state index contributed by atoms with van der Waals surface area (Å²) in [6, 6.07) is 4.15. The highest BCUT2D eigenvalue weighted by Crippen LogP contribution is 2.40. The van der Waals surface area contributed by atoms with Gasteiger partial charge < -0.3 is 4.90 Å². The Balaban J connectivity index is 1.91. The summed E-state index contributed by atoms with van der Waals surface area (Å²) in [7, 11) is 1.91. The third kappa shape index (κ3) is 2.29. The van der Waals surface area contributed by atoms with Gasteiger partial charge in [-0.1, -0.05) is 24.3 Å². The maximum atomic E-state index is 13.5. The third-order valence-corrected chi connectivity index (χ3v) is 4.46. The molecule has 6 heteroatoms. The first kappa shape index (κ1) is 14.9.